The summed E-state index contributed by atoms with van der Waals surface area (Å²) in [6, 6.07) is 19.4. The molecule has 0 fully saturated rings. The van der Waals surface area contributed by atoms with Crippen LogP contribution in [0.15, 0.2) is 89.0 Å². The number of nitrogens with zero attached hydrogens (tertiary/aromatic N) is 4. The highest BCUT2D eigenvalue weighted by molar-refractivity contribution is 6.05. The predicted octanol–water partition coefficient (Wildman–Crippen LogP) is 2.54. The lowest BCUT2D eigenvalue weighted by atomic mass is 10.1. The van der Waals surface area contributed by atoms with Crippen molar-refractivity contribution in [1.82, 2.24) is 20.2 Å². The minimum Gasteiger partial charge on any atom is -0.267 e. The van der Waals surface area contributed by atoms with Gasteiger partial charge in [-0.15, -0.1) is 0 Å². The van der Waals surface area contributed by atoms with Gasteiger partial charge in [-0.3, -0.25) is 14.6 Å². The Hall–Kier alpha value is -4.13. The second kappa shape index (κ2) is 7.63. The molecule has 0 aliphatic carbocycles. The molecule has 1 amide bonds. The number of nitrogens with one attached hydrogen (secondary N) is 1. The summed E-state index contributed by atoms with van der Waals surface area (Å²) in [5, 5.41) is 9.13. The molecule has 7 heteroatoms. The van der Waals surface area contributed by atoms with Gasteiger partial charge in [-0.1, -0.05) is 42.5 Å². The standard InChI is InChI=1S/C21H15N5O2/c27-20(24-23-14-15-7-6-12-22-13-15)19-17-10-4-5-11-18(17)21(28)26(25-19)16-8-2-1-3-9-16/h1-14H,(H,24,27)/b23-14-. The quantitative estimate of drug-likeness (QED) is 0.442. The Morgan fingerprint density at radius 3 is 2.46 bits per heavy atom. The van der Waals surface area contributed by atoms with Gasteiger partial charge in [-0.25, -0.2) is 5.43 Å². The van der Waals surface area contributed by atoms with Gasteiger partial charge in [-0.2, -0.15) is 14.9 Å². The molecule has 0 saturated heterocycles. The van der Waals surface area contributed by atoms with Crippen LogP contribution in [-0.4, -0.2) is 26.9 Å². The Labute approximate surface area is 160 Å². The van der Waals surface area contributed by atoms with Gasteiger partial charge in [0.1, 0.15) is 0 Å². The van der Waals surface area contributed by atoms with Crippen LogP contribution in [0.2, 0.25) is 0 Å². The molecule has 0 aliphatic rings. The van der Waals surface area contributed by atoms with Crippen LogP contribution in [0, 0.1) is 0 Å². The SMILES string of the molecule is O=C(N/N=C\c1cccnc1)c1nn(-c2ccccc2)c(=O)c2ccccc12. The van der Waals surface area contributed by atoms with E-state index in [0.29, 0.717) is 16.5 Å². The number of hydrazone groups is 1. The van der Waals surface area contributed by atoms with Crippen molar-refractivity contribution in [3.63, 3.8) is 0 Å². The molecule has 0 atom stereocenters. The maximum Gasteiger partial charge on any atom is 0.292 e. The van der Waals surface area contributed by atoms with Crippen LogP contribution < -0.4 is 11.0 Å². The highest BCUT2D eigenvalue weighted by Crippen LogP contribution is 2.15. The van der Waals surface area contributed by atoms with Crippen LogP contribution >= 0.6 is 0 Å². The maximum atomic E-state index is 12.8. The van der Waals surface area contributed by atoms with E-state index in [1.165, 1.54) is 10.9 Å². The predicted molar refractivity (Wildman–Crippen MR) is 107 cm³/mol. The second-order valence-electron chi connectivity index (χ2n) is 5.93. The molecule has 136 valence electrons. The molecule has 2 aromatic carbocycles. The zero-order valence-corrected chi connectivity index (χ0v) is 14.7. The first kappa shape index (κ1) is 17.3. The topological polar surface area (TPSA) is 89.2 Å². The molecule has 0 radical (unpaired) electrons. The molecule has 4 aromatic rings. The normalized spacial score (nSPS) is 11.0. The first-order valence-corrected chi connectivity index (χ1v) is 8.55. The maximum absolute atomic E-state index is 12.8. The number of carbonyl (C=O) groups excluding carboxylic acids is 1. The van der Waals surface area contributed by atoms with Crippen molar-refractivity contribution in [3.05, 3.63) is 101 Å². The third-order valence-electron chi connectivity index (χ3n) is 4.08. The van der Waals surface area contributed by atoms with Gasteiger partial charge in [-0.05, 0) is 24.3 Å². The number of fused-ring (bicyclic) bond motifs is 1. The van der Waals surface area contributed by atoms with E-state index in [9.17, 15) is 9.59 Å². The number of carbonyl (C=O) groups is 1. The van der Waals surface area contributed by atoms with Crippen LogP contribution in [0.3, 0.4) is 0 Å². The van der Waals surface area contributed by atoms with Crippen LogP contribution in [0.5, 0.6) is 0 Å². The van der Waals surface area contributed by atoms with Crippen molar-refractivity contribution in [2.75, 3.05) is 0 Å². The summed E-state index contributed by atoms with van der Waals surface area (Å²) >= 11 is 0. The minimum atomic E-state index is -0.513. The Morgan fingerprint density at radius 2 is 1.71 bits per heavy atom. The number of rotatable bonds is 4. The molecule has 2 heterocycles. The molecule has 0 spiro atoms. The first-order chi connectivity index (χ1) is 13.7. The third kappa shape index (κ3) is 3.41. The van der Waals surface area contributed by atoms with Crippen molar-refractivity contribution in [2.24, 2.45) is 5.10 Å². The van der Waals surface area contributed by atoms with E-state index in [4.69, 9.17) is 0 Å². The molecule has 7 nitrogen and oxygen atoms in total. The van der Waals surface area contributed by atoms with Crippen LogP contribution in [0.4, 0.5) is 0 Å². The van der Waals surface area contributed by atoms with Crippen molar-refractivity contribution in [3.8, 4) is 5.69 Å². The van der Waals surface area contributed by atoms with Gasteiger partial charge in [0.05, 0.1) is 17.3 Å². The number of pyridine rings is 1. The van der Waals surface area contributed by atoms with Crippen LogP contribution in [-0.2, 0) is 0 Å². The summed E-state index contributed by atoms with van der Waals surface area (Å²) in [6.07, 6.45) is 4.76. The molecule has 0 unspecified atom stereocenters. The third-order valence-corrected chi connectivity index (χ3v) is 4.08. The average molecular weight is 369 g/mol. The molecule has 0 aliphatic heterocycles. The summed E-state index contributed by atoms with van der Waals surface area (Å²) in [5.41, 5.74) is 3.60. The van der Waals surface area contributed by atoms with Crippen molar-refractivity contribution < 1.29 is 4.79 Å². The molecular weight excluding hydrogens is 354 g/mol. The number of para-hydroxylation sites is 1. The van der Waals surface area contributed by atoms with E-state index in [1.54, 1.807) is 67.0 Å². The van der Waals surface area contributed by atoms with Gasteiger partial charge in [0.15, 0.2) is 5.69 Å². The van der Waals surface area contributed by atoms with Crippen molar-refractivity contribution in [2.45, 2.75) is 0 Å². The molecule has 0 saturated carbocycles. The monoisotopic (exact) mass is 369 g/mol. The smallest absolute Gasteiger partial charge is 0.267 e. The van der Waals surface area contributed by atoms with E-state index in [1.807, 2.05) is 12.1 Å². The second-order valence-corrected chi connectivity index (χ2v) is 5.93. The lowest BCUT2D eigenvalue weighted by Crippen LogP contribution is -2.28. The number of amides is 1. The Morgan fingerprint density at radius 1 is 0.964 bits per heavy atom. The summed E-state index contributed by atoms with van der Waals surface area (Å²) in [5.74, 6) is -0.513. The van der Waals surface area contributed by atoms with Gasteiger partial charge < -0.3 is 0 Å². The number of hydrogen-bond donors (Lipinski definition) is 1. The van der Waals surface area contributed by atoms with Gasteiger partial charge in [0, 0.05) is 23.3 Å². The fourth-order valence-electron chi connectivity index (χ4n) is 2.77. The number of hydrogen-bond acceptors (Lipinski definition) is 5. The highest BCUT2D eigenvalue weighted by atomic mass is 16.2. The zero-order valence-electron chi connectivity index (χ0n) is 14.7. The lowest BCUT2D eigenvalue weighted by Gasteiger charge is -2.10. The highest BCUT2D eigenvalue weighted by Gasteiger charge is 2.17. The van der Waals surface area contributed by atoms with Gasteiger partial charge in [0.2, 0.25) is 0 Å². The molecule has 0 bridgehead atoms. The summed E-state index contributed by atoms with van der Waals surface area (Å²) in [6.45, 7) is 0. The van der Waals surface area contributed by atoms with Crippen LogP contribution in [0.25, 0.3) is 16.5 Å². The molecule has 4 rings (SSSR count). The average Bonchev–Trinajstić information content (AvgIpc) is 2.75. The zero-order chi connectivity index (χ0) is 19.3. The fourth-order valence-corrected chi connectivity index (χ4v) is 2.77. The number of aromatic nitrogens is 3. The van der Waals surface area contributed by atoms with E-state index < -0.39 is 5.91 Å². The molecular formula is C21H15N5O2. The number of benzene rings is 2. The largest absolute Gasteiger partial charge is 0.292 e. The molecule has 1 N–H and O–H groups in total. The lowest BCUT2D eigenvalue weighted by molar-refractivity contribution is 0.0950. The van der Waals surface area contributed by atoms with E-state index in [-0.39, 0.29) is 11.3 Å². The van der Waals surface area contributed by atoms with E-state index in [0.717, 1.165) is 5.56 Å². The first-order valence-electron chi connectivity index (χ1n) is 8.55. The summed E-state index contributed by atoms with van der Waals surface area (Å²) < 4.78 is 1.22. The molecule has 28 heavy (non-hydrogen) atoms. The Kier molecular flexibility index (Phi) is 4.71. The summed E-state index contributed by atoms with van der Waals surface area (Å²) in [7, 11) is 0. The van der Waals surface area contributed by atoms with Gasteiger partial charge in [0.25, 0.3) is 11.5 Å². The summed E-state index contributed by atoms with van der Waals surface area (Å²) in [4.78, 5) is 29.5. The minimum absolute atomic E-state index is 0.113. The van der Waals surface area contributed by atoms with Crippen molar-refractivity contribution >= 4 is 22.9 Å². The Bertz CT molecular complexity index is 1220. The Balaban J connectivity index is 1.75. The van der Waals surface area contributed by atoms with Crippen LogP contribution in [0.1, 0.15) is 16.1 Å². The van der Waals surface area contributed by atoms with Crippen molar-refractivity contribution in [1.29, 1.82) is 0 Å². The van der Waals surface area contributed by atoms with E-state index >= 15 is 0 Å². The van der Waals surface area contributed by atoms with Gasteiger partial charge >= 0.3 is 0 Å². The van der Waals surface area contributed by atoms with E-state index in [2.05, 4.69) is 20.6 Å². The fraction of sp³-hybridized carbons (Fsp3) is 0. The molecule has 2 aromatic heterocycles.